The Hall–Kier alpha value is -2.34. The van der Waals surface area contributed by atoms with Gasteiger partial charge in [-0.15, -0.1) is 11.3 Å². The minimum absolute atomic E-state index is 0.00183. The molecule has 0 saturated heterocycles. The summed E-state index contributed by atoms with van der Waals surface area (Å²) in [7, 11) is 3.27. The molecule has 1 amide bonds. The van der Waals surface area contributed by atoms with Crippen LogP contribution in [0.2, 0.25) is 0 Å². The fourth-order valence-corrected chi connectivity index (χ4v) is 3.25. The quantitative estimate of drug-likeness (QED) is 0.709. The first-order valence-corrected chi connectivity index (χ1v) is 9.10. The van der Waals surface area contributed by atoms with Crippen molar-refractivity contribution in [2.24, 2.45) is 0 Å². The fraction of sp³-hybridized carbons (Fsp3) is 0.368. The number of carbonyl (C=O) groups is 1. The molecule has 1 fully saturated rings. The van der Waals surface area contributed by atoms with Crippen LogP contribution in [0.25, 0.3) is 6.08 Å². The molecular weight excluding hydrogens is 336 g/mol. The van der Waals surface area contributed by atoms with Gasteiger partial charge in [0.1, 0.15) is 11.5 Å². The summed E-state index contributed by atoms with van der Waals surface area (Å²) in [6, 6.07) is 5.95. The molecular formula is C19H22N2O3S. The van der Waals surface area contributed by atoms with Crippen LogP contribution in [0, 0.1) is 6.92 Å². The molecule has 1 aliphatic carbocycles. The van der Waals surface area contributed by atoms with Gasteiger partial charge < -0.3 is 14.4 Å². The van der Waals surface area contributed by atoms with Gasteiger partial charge in [-0.25, -0.2) is 4.98 Å². The lowest BCUT2D eigenvalue weighted by Crippen LogP contribution is -2.31. The summed E-state index contributed by atoms with van der Waals surface area (Å²) < 4.78 is 10.7. The zero-order valence-electron chi connectivity index (χ0n) is 14.7. The molecule has 5 nitrogen and oxygen atoms in total. The molecule has 0 aliphatic heterocycles. The third kappa shape index (κ3) is 4.39. The van der Waals surface area contributed by atoms with Crippen molar-refractivity contribution in [3.05, 3.63) is 45.9 Å². The van der Waals surface area contributed by atoms with E-state index in [4.69, 9.17) is 9.47 Å². The second kappa shape index (κ2) is 7.70. The summed E-state index contributed by atoms with van der Waals surface area (Å²) in [5.41, 5.74) is 1.77. The summed E-state index contributed by atoms with van der Waals surface area (Å²) in [5.74, 6) is 1.52. The van der Waals surface area contributed by atoms with Crippen LogP contribution >= 0.6 is 11.3 Å². The van der Waals surface area contributed by atoms with E-state index in [-0.39, 0.29) is 5.91 Å². The van der Waals surface area contributed by atoms with Crippen LogP contribution in [-0.4, -0.2) is 36.1 Å². The van der Waals surface area contributed by atoms with Crippen molar-refractivity contribution in [2.45, 2.75) is 32.4 Å². The number of hydrogen-bond donors (Lipinski definition) is 0. The van der Waals surface area contributed by atoms with Crippen molar-refractivity contribution >= 4 is 23.3 Å². The Labute approximate surface area is 151 Å². The number of amides is 1. The van der Waals surface area contributed by atoms with E-state index in [1.807, 2.05) is 35.4 Å². The third-order valence-electron chi connectivity index (χ3n) is 4.13. The molecule has 0 radical (unpaired) electrons. The van der Waals surface area contributed by atoms with Crippen LogP contribution in [0.4, 0.5) is 0 Å². The predicted molar refractivity (Wildman–Crippen MR) is 99.0 cm³/mol. The number of aryl methyl sites for hydroxylation is 1. The SMILES string of the molecule is COc1ccc(OC)c(CN(C(=O)/C=C/c2csc(C)n2)C2CC2)c1. The summed E-state index contributed by atoms with van der Waals surface area (Å²) in [5, 5.41) is 2.94. The Morgan fingerprint density at radius 3 is 2.76 bits per heavy atom. The molecule has 1 aromatic heterocycles. The Morgan fingerprint density at radius 1 is 1.36 bits per heavy atom. The highest BCUT2D eigenvalue weighted by Crippen LogP contribution is 2.32. The lowest BCUT2D eigenvalue weighted by Gasteiger charge is -2.22. The number of ether oxygens (including phenoxy) is 2. The van der Waals surface area contributed by atoms with Gasteiger partial charge in [-0.2, -0.15) is 0 Å². The highest BCUT2D eigenvalue weighted by Gasteiger charge is 2.32. The first-order valence-electron chi connectivity index (χ1n) is 8.22. The van der Waals surface area contributed by atoms with Crippen molar-refractivity contribution in [1.82, 2.24) is 9.88 Å². The Bertz CT molecular complexity index is 781. The molecule has 1 saturated carbocycles. The third-order valence-corrected chi connectivity index (χ3v) is 4.92. The highest BCUT2D eigenvalue weighted by molar-refractivity contribution is 7.09. The predicted octanol–water partition coefficient (Wildman–Crippen LogP) is 3.67. The summed E-state index contributed by atoms with van der Waals surface area (Å²) in [4.78, 5) is 19.0. The zero-order valence-corrected chi connectivity index (χ0v) is 15.5. The van der Waals surface area contributed by atoms with Crippen molar-refractivity contribution in [2.75, 3.05) is 14.2 Å². The summed E-state index contributed by atoms with van der Waals surface area (Å²) in [6.45, 7) is 2.46. The van der Waals surface area contributed by atoms with Gasteiger partial charge in [-0.05, 0) is 44.0 Å². The molecule has 1 aliphatic rings. The molecule has 0 unspecified atom stereocenters. The van der Waals surface area contributed by atoms with Crippen LogP contribution in [0.15, 0.2) is 29.7 Å². The number of carbonyl (C=O) groups excluding carboxylic acids is 1. The van der Waals surface area contributed by atoms with Gasteiger partial charge in [0, 0.05) is 23.1 Å². The van der Waals surface area contributed by atoms with Gasteiger partial charge in [-0.1, -0.05) is 0 Å². The average molecular weight is 358 g/mol. The molecule has 0 bridgehead atoms. The fourth-order valence-electron chi connectivity index (χ4n) is 2.67. The second-order valence-electron chi connectivity index (χ2n) is 6.00. The summed E-state index contributed by atoms with van der Waals surface area (Å²) in [6.07, 6.45) is 5.48. The van der Waals surface area contributed by atoms with Crippen molar-refractivity contribution in [3.63, 3.8) is 0 Å². The van der Waals surface area contributed by atoms with E-state index in [2.05, 4.69) is 4.98 Å². The van der Waals surface area contributed by atoms with Gasteiger partial charge in [-0.3, -0.25) is 4.79 Å². The number of nitrogens with zero attached hydrogens (tertiary/aromatic N) is 2. The van der Waals surface area contributed by atoms with Crippen LogP contribution in [0.3, 0.4) is 0 Å². The van der Waals surface area contributed by atoms with E-state index in [1.54, 1.807) is 37.7 Å². The number of methoxy groups -OCH3 is 2. The lowest BCUT2D eigenvalue weighted by molar-refractivity contribution is -0.127. The standard InChI is InChI=1S/C19H22N2O3S/c1-13-20-15(12-25-13)4-9-19(22)21(16-5-6-16)11-14-10-17(23-2)7-8-18(14)24-3/h4,7-10,12,16H,5-6,11H2,1-3H3/b9-4+. The largest absolute Gasteiger partial charge is 0.497 e. The van der Waals surface area contributed by atoms with Gasteiger partial charge >= 0.3 is 0 Å². The maximum atomic E-state index is 12.7. The van der Waals surface area contributed by atoms with Crippen molar-refractivity contribution in [3.8, 4) is 11.5 Å². The lowest BCUT2D eigenvalue weighted by atomic mass is 10.1. The zero-order chi connectivity index (χ0) is 17.8. The molecule has 0 spiro atoms. The van der Waals surface area contributed by atoms with E-state index in [0.717, 1.165) is 40.6 Å². The molecule has 1 aromatic carbocycles. The van der Waals surface area contributed by atoms with Crippen molar-refractivity contribution in [1.29, 1.82) is 0 Å². The maximum absolute atomic E-state index is 12.7. The molecule has 2 aromatic rings. The van der Waals surface area contributed by atoms with Crippen LogP contribution < -0.4 is 9.47 Å². The summed E-state index contributed by atoms with van der Waals surface area (Å²) >= 11 is 1.58. The van der Waals surface area contributed by atoms with Crippen LogP contribution in [0.5, 0.6) is 11.5 Å². The normalized spacial score (nSPS) is 13.9. The van der Waals surface area contributed by atoms with E-state index in [0.29, 0.717) is 12.6 Å². The van der Waals surface area contributed by atoms with Crippen LogP contribution in [0.1, 0.15) is 29.1 Å². The second-order valence-corrected chi connectivity index (χ2v) is 7.06. The topological polar surface area (TPSA) is 51.7 Å². The van der Waals surface area contributed by atoms with Crippen LogP contribution in [-0.2, 0) is 11.3 Å². The molecule has 0 atom stereocenters. The van der Waals surface area contributed by atoms with Gasteiger partial charge in [0.2, 0.25) is 5.91 Å². The highest BCUT2D eigenvalue weighted by atomic mass is 32.1. The molecule has 132 valence electrons. The Morgan fingerprint density at radius 2 is 2.16 bits per heavy atom. The number of rotatable bonds is 7. The average Bonchev–Trinajstić information content (AvgIpc) is 3.38. The molecule has 0 N–H and O–H groups in total. The minimum Gasteiger partial charge on any atom is -0.497 e. The van der Waals surface area contributed by atoms with Gasteiger partial charge in [0.25, 0.3) is 0 Å². The van der Waals surface area contributed by atoms with E-state index in [9.17, 15) is 4.79 Å². The number of benzene rings is 1. The maximum Gasteiger partial charge on any atom is 0.247 e. The first kappa shape index (κ1) is 17.5. The first-order chi connectivity index (χ1) is 12.1. The van der Waals surface area contributed by atoms with Crippen molar-refractivity contribution < 1.29 is 14.3 Å². The van der Waals surface area contributed by atoms with E-state index < -0.39 is 0 Å². The molecule has 3 rings (SSSR count). The van der Waals surface area contributed by atoms with Gasteiger partial charge in [0.05, 0.1) is 31.5 Å². The minimum atomic E-state index is -0.00183. The molecule has 25 heavy (non-hydrogen) atoms. The monoisotopic (exact) mass is 358 g/mol. The molecule has 6 heteroatoms. The Kier molecular flexibility index (Phi) is 5.38. The smallest absolute Gasteiger partial charge is 0.247 e. The van der Waals surface area contributed by atoms with Gasteiger partial charge in [0.15, 0.2) is 0 Å². The Balaban J connectivity index is 1.77. The number of aromatic nitrogens is 1. The number of hydrogen-bond acceptors (Lipinski definition) is 5. The van der Waals surface area contributed by atoms with E-state index >= 15 is 0 Å². The number of thiazole rings is 1. The molecule has 1 heterocycles. The van der Waals surface area contributed by atoms with E-state index in [1.165, 1.54) is 0 Å².